The molecule has 2 rings (SSSR count). The van der Waals surface area contributed by atoms with Crippen molar-refractivity contribution < 1.29 is 0 Å². The van der Waals surface area contributed by atoms with Gasteiger partial charge in [-0.2, -0.15) is 0 Å². The van der Waals surface area contributed by atoms with Gasteiger partial charge in [0.2, 0.25) is 0 Å². The Kier molecular flexibility index (Phi) is 5.29. The molecule has 0 amide bonds. The topological polar surface area (TPSA) is 37.8 Å². The lowest BCUT2D eigenvalue weighted by molar-refractivity contribution is 0.511. The smallest absolute Gasteiger partial charge is 0.144 e. The van der Waals surface area contributed by atoms with Crippen molar-refractivity contribution >= 4 is 21.7 Å². The predicted octanol–water partition coefficient (Wildman–Crippen LogP) is 5.26. The van der Waals surface area contributed by atoms with Gasteiger partial charge in [0.25, 0.3) is 0 Å². The molecule has 0 bridgehead atoms. The molecule has 1 heterocycles. The van der Waals surface area contributed by atoms with Crippen LogP contribution >= 0.6 is 15.9 Å². The van der Waals surface area contributed by atoms with Crippen LogP contribution in [0.2, 0.25) is 0 Å². The van der Waals surface area contributed by atoms with Crippen LogP contribution in [-0.4, -0.2) is 16.5 Å². The van der Waals surface area contributed by atoms with E-state index in [0.717, 1.165) is 34.3 Å². The zero-order valence-corrected chi connectivity index (χ0v) is 15.5. The van der Waals surface area contributed by atoms with E-state index in [2.05, 4.69) is 55.9 Å². The van der Waals surface area contributed by atoms with Gasteiger partial charge >= 0.3 is 0 Å². The minimum Gasteiger partial charge on any atom is -0.369 e. The summed E-state index contributed by atoms with van der Waals surface area (Å²) in [5.41, 5.74) is 1.13. The first kappa shape index (κ1) is 16.7. The van der Waals surface area contributed by atoms with Gasteiger partial charge in [-0.15, -0.1) is 0 Å². The molecule has 4 heteroatoms. The fourth-order valence-corrected chi connectivity index (χ4v) is 4.02. The number of halogens is 1. The highest BCUT2D eigenvalue weighted by Gasteiger charge is 2.30. The number of hydrogen-bond donors (Lipinski definition) is 1. The average molecular weight is 354 g/mol. The van der Waals surface area contributed by atoms with Crippen molar-refractivity contribution in [2.45, 2.75) is 71.6 Å². The Morgan fingerprint density at radius 2 is 1.90 bits per heavy atom. The molecular weight excluding hydrogens is 326 g/mol. The number of nitrogens with zero attached hydrogens (tertiary/aromatic N) is 2. The Labute approximate surface area is 137 Å². The van der Waals surface area contributed by atoms with Crippen molar-refractivity contribution in [3.05, 3.63) is 16.0 Å². The van der Waals surface area contributed by atoms with Crippen molar-refractivity contribution in [3.63, 3.8) is 0 Å². The minimum absolute atomic E-state index is 0.0173. The third-order valence-electron chi connectivity index (χ3n) is 4.41. The van der Waals surface area contributed by atoms with Crippen LogP contribution < -0.4 is 5.32 Å². The molecule has 3 nitrogen and oxygen atoms in total. The van der Waals surface area contributed by atoms with Gasteiger partial charge in [-0.1, -0.05) is 34.1 Å². The maximum Gasteiger partial charge on any atom is 0.144 e. The Balaban J connectivity index is 2.40. The van der Waals surface area contributed by atoms with Crippen molar-refractivity contribution in [2.75, 3.05) is 11.9 Å². The lowest BCUT2D eigenvalue weighted by Gasteiger charge is -2.23. The van der Waals surface area contributed by atoms with Crippen LogP contribution in [0.1, 0.15) is 77.7 Å². The standard InChI is InChI=1S/C17H28BrN3/c1-6-11-8-9-12(10-11)15-20-14(17(3,4)5)13(18)16(21-15)19-7-2/h11-12H,6-10H2,1-5H3,(H,19,20,21). The molecule has 1 N–H and O–H groups in total. The van der Waals surface area contributed by atoms with Gasteiger partial charge in [0.05, 0.1) is 10.2 Å². The molecular formula is C17H28BrN3. The molecule has 1 fully saturated rings. The normalized spacial score (nSPS) is 22.6. The molecule has 2 unspecified atom stereocenters. The van der Waals surface area contributed by atoms with E-state index in [0.29, 0.717) is 5.92 Å². The summed E-state index contributed by atoms with van der Waals surface area (Å²) in [5, 5.41) is 3.38. The van der Waals surface area contributed by atoms with Gasteiger partial charge in [0, 0.05) is 17.9 Å². The third-order valence-corrected chi connectivity index (χ3v) is 5.16. The minimum atomic E-state index is 0.0173. The van der Waals surface area contributed by atoms with E-state index >= 15 is 0 Å². The van der Waals surface area contributed by atoms with Gasteiger partial charge in [0.15, 0.2) is 0 Å². The highest BCUT2D eigenvalue weighted by molar-refractivity contribution is 9.10. The Hall–Kier alpha value is -0.640. The summed E-state index contributed by atoms with van der Waals surface area (Å²) < 4.78 is 1.02. The van der Waals surface area contributed by atoms with Crippen LogP contribution in [0.3, 0.4) is 0 Å². The molecule has 21 heavy (non-hydrogen) atoms. The van der Waals surface area contributed by atoms with E-state index in [1.54, 1.807) is 0 Å². The maximum absolute atomic E-state index is 4.94. The van der Waals surface area contributed by atoms with Crippen LogP contribution in [0.5, 0.6) is 0 Å². The fraction of sp³-hybridized carbons (Fsp3) is 0.765. The summed E-state index contributed by atoms with van der Waals surface area (Å²) >= 11 is 3.70. The van der Waals surface area contributed by atoms with E-state index in [9.17, 15) is 0 Å². The third kappa shape index (κ3) is 3.77. The highest BCUT2D eigenvalue weighted by Crippen LogP contribution is 2.41. The molecule has 0 aromatic carbocycles. The Morgan fingerprint density at radius 1 is 1.19 bits per heavy atom. The number of aromatic nitrogens is 2. The highest BCUT2D eigenvalue weighted by atomic mass is 79.9. The maximum atomic E-state index is 4.94. The summed E-state index contributed by atoms with van der Waals surface area (Å²) in [4.78, 5) is 9.76. The monoisotopic (exact) mass is 353 g/mol. The quantitative estimate of drug-likeness (QED) is 0.801. The zero-order valence-electron chi connectivity index (χ0n) is 14.0. The second-order valence-corrected chi connectivity index (χ2v) is 7.95. The van der Waals surface area contributed by atoms with Gasteiger partial charge in [-0.3, -0.25) is 0 Å². The summed E-state index contributed by atoms with van der Waals surface area (Å²) in [5.74, 6) is 3.37. The van der Waals surface area contributed by atoms with Crippen molar-refractivity contribution in [2.24, 2.45) is 5.92 Å². The molecule has 1 aromatic heterocycles. The van der Waals surface area contributed by atoms with Gasteiger partial charge < -0.3 is 5.32 Å². The van der Waals surface area contributed by atoms with Crippen LogP contribution in [0.4, 0.5) is 5.82 Å². The first-order valence-electron chi connectivity index (χ1n) is 8.18. The summed E-state index contributed by atoms with van der Waals surface area (Å²) in [7, 11) is 0. The van der Waals surface area contributed by atoms with Crippen molar-refractivity contribution in [3.8, 4) is 0 Å². The SMILES string of the molecule is CCNc1nc(C2CCC(CC)C2)nc(C(C)(C)C)c1Br. The van der Waals surface area contributed by atoms with Crippen LogP contribution in [-0.2, 0) is 5.41 Å². The number of rotatable bonds is 4. The zero-order chi connectivity index (χ0) is 15.6. The van der Waals surface area contributed by atoms with Gasteiger partial charge in [-0.25, -0.2) is 9.97 Å². The summed E-state index contributed by atoms with van der Waals surface area (Å²) in [6, 6.07) is 0. The predicted molar refractivity (Wildman–Crippen MR) is 93.0 cm³/mol. The molecule has 118 valence electrons. The van der Waals surface area contributed by atoms with E-state index in [1.165, 1.54) is 25.7 Å². The molecule has 0 radical (unpaired) electrons. The largest absolute Gasteiger partial charge is 0.369 e. The fourth-order valence-electron chi connectivity index (χ4n) is 3.11. The molecule has 1 aliphatic rings. The summed E-state index contributed by atoms with van der Waals surface area (Å²) in [6.45, 7) is 11.9. The van der Waals surface area contributed by atoms with Crippen molar-refractivity contribution in [1.29, 1.82) is 0 Å². The Bertz CT molecular complexity index is 494. The van der Waals surface area contributed by atoms with Crippen LogP contribution in [0.15, 0.2) is 4.47 Å². The molecule has 0 saturated heterocycles. The van der Waals surface area contributed by atoms with Crippen LogP contribution in [0, 0.1) is 5.92 Å². The number of nitrogens with one attached hydrogen (secondary N) is 1. The van der Waals surface area contributed by atoms with E-state index < -0.39 is 0 Å². The molecule has 2 atom stereocenters. The van der Waals surface area contributed by atoms with Crippen LogP contribution in [0.25, 0.3) is 0 Å². The van der Waals surface area contributed by atoms with E-state index in [4.69, 9.17) is 9.97 Å². The second-order valence-electron chi connectivity index (χ2n) is 7.16. The van der Waals surface area contributed by atoms with Crippen molar-refractivity contribution in [1.82, 2.24) is 9.97 Å². The molecule has 0 spiro atoms. The molecule has 0 aliphatic heterocycles. The summed E-state index contributed by atoms with van der Waals surface area (Å²) in [6.07, 6.45) is 5.07. The first-order chi connectivity index (χ1) is 9.86. The van der Waals surface area contributed by atoms with E-state index in [1.807, 2.05) is 0 Å². The molecule has 1 saturated carbocycles. The van der Waals surface area contributed by atoms with Gasteiger partial charge in [0.1, 0.15) is 11.6 Å². The molecule has 1 aliphatic carbocycles. The van der Waals surface area contributed by atoms with E-state index in [-0.39, 0.29) is 5.41 Å². The Morgan fingerprint density at radius 3 is 2.43 bits per heavy atom. The average Bonchev–Trinajstić information content (AvgIpc) is 2.88. The molecule has 1 aromatic rings. The second kappa shape index (κ2) is 6.64. The first-order valence-corrected chi connectivity index (χ1v) is 8.97. The van der Waals surface area contributed by atoms with Gasteiger partial charge in [-0.05, 0) is 48.0 Å². The lowest BCUT2D eigenvalue weighted by atomic mass is 9.91. The number of anilines is 1. The lowest BCUT2D eigenvalue weighted by Crippen LogP contribution is -2.19. The number of hydrogen-bond acceptors (Lipinski definition) is 3.